The molecule has 0 atom stereocenters. The molecule has 0 saturated heterocycles. The zero-order valence-electron chi connectivity index (χ0n) is 11.5. The first-order chi connectivity index (χ1) is 10.1. The number of nitrogens with one attached hydrogen (secondary N) is 1. The van der Waals surface area contributed by atoms with Crippen molar-refractivity contribution in [3.8, 4) is 5.75 Å². The van der Waals surface area contributed by atoms with Crippen LogP contribution in [0.4, 0.5) is 5.13 Å². The molecule has 0 aliphatic carbocycles. The van der Waals surface area contributed by atoms with Crippen LogP contribution in [-0.4, -0.2) is 23.9 Å². The van der Waals surface area contributed by atoms with Gasteiger partial charge in [-0.1, -0.05) is 18.2 Å². The van der Waals surface area contributed by atoms with E-state index in [0.29, 0.717) is 16.6 Å². The van der Waals surface area contributed by atoms with Gasteiger partial charge in [0, 0.05) is 10.9 Å². The van der Waals surface area contributed by atoms with E-state index in [9.17, 15) is 9.59 Å². The quantitative estimate of drug-likeness (QED) is 0.842. The summed E-state index contributed by atoms with van der Waals surface area (Å²) >= 11 is 1.26. The predicted molar refractivity (Wildman–Crippen MR) is 80.3 cm³/mol. The Morgan fingerprint density at radius 3 is 2.81 bits per heavy atom. The Morgan fingerprint density at radius 1 is 1.33 bits per heavy atom. The van der Waals surface area contributed by atoms with Crippen LogP contribution >= 0.6 is 11.3 Å². The van der Waals surface area contributed by atoms with Gasteiger partial charge < -0.3 is 15.8 Å². The molecule has 0 unspecified atom stereocenters. The van der Waals surface area contributed by atoms with Crippen molar-refractivity contribution in [2.45, 2.75) is 12.8 Å². The first-order valence-electron chi connectivity index (χ1n) is 6.23. The maximum atomic E-state index is 12.0. The monoisotopic (exact) mass is 305 g/mol. The normalized spacial score (nSPS) is 10.1. The van der Waals surface area contributed by atoms with E-state index in [1.807, 2.05) is 18.2 Å². The fourth-order valence-electron chi connectivity index (χ4n) is 1.81. The third kappa shape index (κ3) is 4.28. The zero-order valence-corrected chi connectivity index (χ0v) is 12.3. The minimum Gasteiger partial charge on any atom is -0.496 e. The van der Waals surface area contributed by atoms with Gasteiger partial charge in [0.1, 0.15) is 5.75 Å². The highest BCUT2D eigenvalue weighted by Gasteiger charge is 2.11. The third-order valence-corrected chi connectivity index (χ3v) is 3.50. The number of carbonyl (C=O) groups excluding carboxylic acids is 2. The lowest BCUT2D eigenvalue weighted by molar-refractivity contribution is -0.117. The molecule has 7 heteroatoms. The number of rotatable bonds is 6. The Labute approximate surface area is 125 Å². The van der Waals surface area contributed by atoms with Gasteiger partial charge in [-0.25, -0.2) is 4.98 Å². The summed E-state index contributed by atoms with van der Waals surface area (Å²) in [5, 5.41) is 4.84. The standard InChI is InChI=1S/C14H15N3O3S/c1-20-11-5-3-2-4-9(11)6-13(19)17-14-16-10(8-21-14)7-12(15)18/h2-5,8H,6-7H2,1H3,(H2,15,18)(H,16,17,19). The van der Waals surface area contributed by atoms with Crippen molar-refractivity contribution in [1.29, 1.82) is 0 Å². The van der Waals surface area contributed by atoms with Gasteiger partial charge in [0.2, 0.25) is 11.8 Å². The minimum absolute atomic E-state index is 0.0683. The Morgan fingerprint density at radius 2 is 2.10 bits per heavy atom. The maximum absolute atomic E-state index is 12.0. The fourth-order valence-corrected chi connectivity index (χ4v) is 2.54. The molecule has 0 radical (unpaired) electrons. The van der Waals surface area contributed by atoms with Gasteiger partial charge >= 0.3 is 0 Å². The summed E-state index contributed by atoms with van der Waals surface area (Å²) < 4.78 is 5.20. The van der Waals surface area contributed by atoms with E-state index in [0.717, 1.165) is 5.56 Å². The molecule has 2 amide bonds. The van der Waals surface area contributed by atoms with Gasteiger partial charge in [-0.2, -0.15) is 0 Å². The van der Waals surface area contributed by atoms with Crippen molar-refractivity contribution >= 4 is 28.3 Å². The summed E-state index contributed by atoms with van der Waals surface area (Å²) in [7, 11) is 1.56. The van der Waals surface area contributed by atoms with Gasteiger partial charge in [-0.05, 0) is 6.07 Å². The van der Waals surface area contributed by atoms with Crippen LogP contribution in [0.15, 0.2) is 29.6 Å². The highest BCUT2D eigenvalue weighted by atomic mass is 32.1. The molecule has 6 nitrogen and oxygen atoms in total. The van der Waals surface area contributed by atoms with Crippen LogP contribution in [-0.2, 0) is 22.4 Å². The molecule has 0 aliphatic rings. The van der Waals surface area contributed by atoms with Crippen molar-refractivity contribution in [1.82, 2.24) is 4.98 Å². The summed E-state index contributed by atoms with van der Waals surface area (Å²) in [5.74, 6) is 0.0212. The van der Waals surface area contributed by atoms with Crippen LogP contribution in [0.2, 0.25) is 0 Å². The molecule has 1 heterocycles. The lowest BCUT2D eigenvalue weighted by atomic mass is 10.1. The molecule has 21 heavy (non-hydrogen) atoms. The third-order valence-electron chi connectivity index (χ3n) is 2.70. The Hall–Kier alpha value is -2.41. The van der Waals surface area contributed by atoms with E-state index in [-0.39, 0.29) is 18.7 Å². The molecule has 110 valence electrons. The average molecular weight is 305 g/mol. The van der Waals surface area contributed by atoms with E-state index in [2.05, 4.69) is 10.3 Å². The van der Waals surface area contributed by atoms with Gasteiger partial charge in [-0.15, -0.1) is 11.3 Å². The number of hydrogen-bond acceptors (Lipinski definition) is 5. The van der Waals surface area contributed by atoms with Gasteiger partial charge in [-0.3, -0.25) is 9.59 Å². The maximum Gasteiger partial charge on any atom is 0.230 e. The van der Waals surface area contributed by atoms with Crippen LogP contribution in [0, 0.1) is 0 Å². The second kappa shape index (κ2) is 6.85. The largest absolute Gasteiger partial charge is 0.496 e. The number of para-hydroxylation sites is 1. The van der Waals surface area contributed by atoms with Crippen LogP contribution < -0.4 is 15.8 Å². The van der Waals surface area contributed by atoms with Crippen LogP contribution in [0.1, 0.15) is 11.3 Å². The lowest BCUT2D eigenvalue weighted by Gasteiger charge is -2.07. The van der Waals surface area contributed by atoms with E-state index < -0.39 is 5.91 Å². The van der Waals surface area contributed by atoms with Crippen molar-refractivity contribution in [3.63, 3.8) is 0 Å². The topological polar surface area (TPSA) is 94.3 Å². The number of benzene rings is 1. The molecule has 0 aliphatic heterocycles. The first-order valence-corrected chi connectivity index (χ1v) is 7.11. The van der Waals surface area contributed by atoms with Crippen LogP contribution in [0.5, 0.6) is 5.75 Å². The Balaban J connectivity index is 1.98. The SMILES string of the molecule is COc1ccccc1CC(=O)Nc1nc(CC(N)=O)cs1. The molecule has 0 bridgehead atoms. The smallest absolute Gasteiger partial charge is 0.230 e. The summed E-state index contributed by atoms with van der Waals surface area (Å²) in [6.45, 7) is 0. The number of nitrogens with two attached hydrogens (primary N) is 1. The lowest BCUT2D eigenvalue weighted by Crippen LogP contribution is -2.16. The zero-order chi connectivity index (χ0) is 15.2. The number of nitrogens with zero attached hydrogens (tertiary/aromatic N) is 1. The van der Waals surface area contributed by atoms with Crippen molar-refractivity contribution in [2.24, 2.45) is 5.73 Å². The minimum atomic E-state index is -0.452. The Bertz CT molecular complexity index is 654. The van der Waals surface area contributed by atoms with Crippen molar-refractivity contribution in [3.05, 3.63) is 40.9 Å². The Kier molecular flexibility index (Phi) is 4.89. The molecule has 1 aromatic heterocycles. The summed E-state index contributed by atoms with van der Waals surface area (Å²) in [6.07, 6.45) is 0.258. The van der Waals surface area contributed by atoms with E-state index in [1.54, 1.807) is 18.6 Å². The molecular weight excluding hydrogens is 290 g/mol. The van der Waals surface area contributed by atoms with Crippen LogP contribution in [0.25, 0.3) is 0 Å². The van der Waals surface area contributed by atoms with E-state index >= 15 is 0 Å². The molecular formula is C14H15N3O3S. The molecule has 2 aromatic rings. The van der Waals surface area contributed by atoms with Gasteiger partial charge in [0.15, 0.2) is 5.13 Å². The first kappa shape index (κ1) is 15.0. The highest BCUT2D eigenvalue weighted by Crippen LogP contribution is 2.20. The number of aromatic nitrogens is 1. The number of ether oxygens (including phenoxy) is 1. The molecule has 1 aromatic carbocycles. The second-order valence-electron chi connectivity index (χ2n) is 4.32. The van der Waals surface area contributed by atoms with Crippen molar-refractivity contribution < 1.29 is 14.3 Å². The molecule has 0 spiro atoms. The van der Waals surface area contributed by atoms with Crippen molar-refractivity contribution in [2.75, 3.05) is 12.4 Å². The molecule has 0 saturated carbocycles. The summed E-state index contributed by atoms with van der Waals surface area (Å²) in [5.41, 5.74) is 6.45. The fraction of sp³-hybridized carbons (Fsp3) is 0.214. The van der Waals surface area contributed by atoms with Gasteiger partial charge in [0.25, 0.3) is 0 Å². The predicted octanol–water partition coefficient (Wildman–Crippen LogP) is 1.36. The molecule has 3 N–H and O–H groups in total. The number of thiazole rings is 1. The number of carbonyl (C=O) groups is 2. The summed E-state index contributed by atoms with van der Waals surface area (Å²) in [6, 6.07) is 7.33. The highest BCUT2D eigenvalue weighted by molar-refractivity contribution is 7.13. The van der Waals surface area contributed by atoms with Gasteiger partial charge in [0.05, 0.1) is 25.6 Å². The second-order valence-corrected chi connectivity index (χ2v) is 5.18. The number of amides is 2. The average Bonchev–Trinajstić information content (AvgIpc) is 2.85. The van der Waals surface area contributed by atoms with Crippen LogP contribution in [0.3, 0.4) is 0 Å². The van der Waals surface area contributed by atoms with E-state index in [1.165, 1.54) is 11.3 Å². The number of anilines is 1. The van der Waals surface area contributed by atoms with E-state index in [4.69, 9.17) is 10.5 Å². The number of primary amides is 1. The molecule has 0 fully saturated rings. The summed E-state index contributed by atoms with van der Waals surface area (Å²) in [4.78, 5) is 26.9. The molecule has 2 rings (SSSR count). The number of methoxy groups -OCH3 is 1. The number of hydrogen-bond donors (Lipinski definition) is 2.